The van der Waals surface area contributed by atoms with Crippen molar-refractivity contribution >= 4 is 0 Å². The number of rotatable bonds is 1. The Morgan fingerprint density at radius 1 is 1.35 bits per heavy atom. The van der Waals surface area contributed by atoms with Crippen LogP contribution in [0.15, 0.2) is 12.2 Å². The summed E-state index contributed by atoms with van der Waals surface area (Å²) < 4.78 is 11.2. The van der Waals surface area contributed by atoms with Gasteiger partial charge in [0.05, 0.1) is 24.2 Å². The minimum Gasteiger partial charge on any atom is -0.393 e. The third-order valence-electron chi connectivity index (χ3n) is 6.49. The summed E-state index contributed by atoms with van der Waals surface area (Å²) in [4.78, 5) is 0. The largest absolute Gasteiger partial charge is 0.393 e. The molecule has 0 aromatic rings. The molecule has 0 amide bonds. The van der Waals surface area contributed by atoms with Gasteiger partial charge in [0.1, 0.15) is 0 Å². The van der Waals surface area contributed by atoms with Gasteiger partial charge in [-0.2, -0.15) is 0 Å². The molecule has 2 N–H and O–H groups in total. The zero-order chi connectivity index (χ0) is 14.7. The van der Waals surface area contributed by atoms with Crippen molar-refractivity contribution in [1.29, 1.82) is 0 Å². The van der Waals surface area contributed by atoms with Gasteiger partial charge in [0.2, 0.25) is 0 Å². The van der Waals surface area contributed by atoms with Gasteiger partial charge in [0.15, 0.2) is 6.29 Å². The van der Waals surface area contributed by atoms with Gasteiger partial charge in [-0.05, 0) is 36.7 Å². The number of fused-ring (bicyclic) bond motifs is 1. The molecule has 2 saturated carbocycles. The Hall–Kier alpha value is -0.420. The molecule has 0 aromatic heterocycles. The summed E-state index contributed by atoms with van der Waals surface area (Å²) in [5.41, 5.74) is 0.230. The highest BCUT2D eigenvalue weighted by Gasteiger charge is 2.68. The highest BCUT2D eigenvalue weighted by Crippen LogP contribution is 2.66. The SMILES string of the molecule is C=C1CO[C@H](OC)[C@@]12C[C@H]1C[C@H](O)C[C@H](C)[C@@]1(C)[C@@H]2O. The monoisotopic (exact) mass is 282 g/mol. The summed E-state index contributed by atoms with van der Waals surface area (Å²) in [5.74, 6) is 0.559. The van der Waals surface area contributed by atoms with E-state index in [1.807, 2.05) is 0 Å². The fraction of sp³-hybridized carbons (Fsp3) is 0.875. The van der Waals surface area contributed by atoms with E-state index in [4.69, 9.17) is 9.47 Å². The first-order chi connectivity index (χ1) is 9.37. The highest BCUT2D eigenvalue weighted by molar-refractivity contribution is 5.27. The van der Waals surface area contributed by atoms with Crippen LogP contribution in [0.25, 0.3) is 0 Å². The smallest absolute Gasteiger partial charge is 0.169 e. The van der Waals surface area contributed by atoms with Crippen molar-refractivity contribution in [2.45, 2.75) is 51.6 Å². The average molecular weight is 282 g/mol. The number of ether oxygens (including phenoxy) is 2. The van der Waals surface area contributed by atoms with Crippen LogP contribution >= 0.6 is 0 Å². The second-order valence-electron chi connectivity index (χ2n) is 7.22. The standard InChI is InChI=1S/C16H26O4/c1-9-5-12(17)6-11-7-16(13(18)15(9,11)3)10(2)8-20-14(16)19-4/h9,11-14,17-18H,2,5-8H2,1,3-4H3/t9-,11+,12+,13-,14-,15+,16-/m0/s1. The predicted molar refractivity (Wildman–Crippen MR) is 74.9 cm³/mol. The fourth-order valence-electron chi connectivity index (χ4n) is 5.08. The molecule has 3 aliphatic rings. The van der Waals surface area contributed by atoms with Gasteiger partial charge in [-0.25, -0.2) is 0 Å². The van der Waals surface area contributed by atoms with Gasteiger partial charge >= 0.3 is 0 Å². The summed E-state index contributed by atoms with van der Waals surface area (Å²) in [5, 5.41) is 21.2. The van der Waals surface area contributed by atoms with E-state index in [0.717, 1.165) is 24.8 Å². The van der Waals surface area contributed by atoms with Crippen LogP contribution in [0.1, 0.15) is 33.1 Å². The molecule has 0 radical (unpaired) electrons. The van der Waals surface area contributed by atoms with Crippen LogP contribution in [-0.4, -0.2) is 42.4 Å². The second-order valence-corrected chi connectivity index (χ2v) is 7.22. The zero-order valence-corrected chi connectivity index (χ0v) is 12.6. The van der Waals surface area contributed by atoms with Gasteiger partial charge < -0.3 is 19.7 Å². The fourth-order valence-corrected chi connectivity index (χ4v) is 5.08. The molecule has 1 saturated heterocycles. The predicted octanol–water partition coefficient (Wildman–Crippen LogP) is 1.71. The Labute approximate surface area is 120 Å². The summed E-state index contributed by atoms with van der Waals surface area (Å²) in [6.45, 7) is 8.89. The first-order valence-corrected chi connectivity index (χ1v) is 7.56. The topological polar surface area (TPSA) is 58.9 Å². The van der Waals surface area contributed by atoms with Crippen molar-refractivity contribution in [2.75, 3.05) is 13.7 Å². The Morgan fingerprint density at radius 2 is 2.05 bits per heavy atom. The van der Waals surface area contributed by atoms with E-state index in [2.05, 4.69) is 20.4 Å². The Morgan fingerprint density at radius 3 is 2.70 bits per heavy atom. The molecule has 1 heterocycles. The maximum Gasteiger partial charge on any atom is 0.169 e. The van der Waals surface area contributed by atoms with Crippen molar-refractivity contribution in [2.24, 2.45) is 22.7 Å². The number of methoxy groups -OCH3 is 1. The van der Waals surface area contributed by atoms with Crippen molar-refractivity contribution in [1.82, 2.24) is 0 Å². The highest BCUT2D eigenvalue weighted by atomic mass is 16.7. The first-order valence-electron chi connectivity index (χ1n) is 7.56. The molecule has 0 unspecified atom stereocenters. The molecule has 3 rings (SSSR count). The zero-order valence-electron chi connectivity index (χ0n) is 12.6. The van der Waals surface area contributed by atoms with Gasteiger partial charge in [-0.1, -0.05) is 20.4 Å². The van der Waals surface area contributed by atoms with Crippen molar-refractivity contribution < 1.29 is 19.7 Å². The van der Waals surface area contributed by atoms with Crippen LogP contribution in [0.2, 0.25) is 0 Å². The summed E-state index contributed by atoms with van der Waals surface area (Å²) >= 11 is 0. The van der Waals surface area contributed by atoms with Crippen LogP contribution in [0.4, 0.5) is 0 Å². The van der Waals surface area contributed by atoms with Crippen molar-refractivity contribution in [3.63, 3.8) is 0 Å². The van der Waals surface area contributed by atoms with Crippen molar-refractivity contribution in [3.05, 3.63) is 12.2 Å². The third kappa shape index (κ3) is 1.56. The molecule has 1 aliphatic heterocycles. The van der Waals surface area contributed by atoms with E-state index < -0.39 is 17.8 Å². The van der Waals surface area contributed by atoms with Gasteiger partial charge in [-0.3, -0.25) is 0 Å². The number of hydrogen-bond donors (Lipinski definition) is 2. The van der Waals surface area contributed by atoms with E-state index in [0.29, 0.717) is 6.61 Å². The third-order valence-corrected chi connectivity index (χ3v) is 6.49. The molecule has 114 valence electrons. The maximum absolute atomic E-state index is 11.2. The Kier molecular flexibility index (Phi) is 3.29. The lowest BCUT2D eigenvalue weighted by molar-refractivity contribution is -0.175. The molecule has 0 bridgehead atoms. The Balaban J connectivity index is 2.03. The Bertz CT molecular complexity index is 423. The van der Waals surface area contributed by atoms with Gasteiger partial charge in [0, 0.05) is 12.5 Å². The molecule has 0 aromatic carbocycles. The molecule has 1 spiro atoms. The molecular weight excluding hydrogens is 256 g/mol. The quantitative estimate of drug-likeness (QED) is 0.719. The second kappa shape index (κ2) is 4.54. The van der Waals surface area contributed by atoms with Gasteiger partial charge in [-0.15, -0.1) is 0 Å². The lowest BCUT2D eigenvalue weighted by Crippen LogP contribution is -2.50. The van der Waals surface area contributed by atoms with E-state index in [1.165, 1.54) is 0 Å². The minimum absolute atomic E-state index is 0.202. The van der Waals surface area contributed by atoms with E-state index >= 15 is 0 Å². The molecule has 3 fully saturated rings. The number of hydrogen-bond acceptors (Lipinski definition) is 4. The van der Waals surface area contributed by atoms with Crippen LogP contribution in [0, 0.1) is 22.7 Å². The van der Waals surface area contributed by atoms with Crippen LogP contribution in [-0.2, 0) is 9.47 Å². The average Bonchev–Trinajstić information content (AvgIpc) is 2.82. The normalized spacial score (nSPS) is 55.5. The summed E-state index contributed by atoms with van der Waals surface area (Å²) in [7, 11) is 1.63. The van der Waals surface area contributed by atoms with Crippen molar-refractivity contribution in [3.8, 4) is 0 Å². The molecular formula is C16H26O4. The summed E-state index contributed by atoms with van der Waals surface area (Å²) in [6.07, 6.45) is 1.10. The summed E-state index contributed by atoms with van der Waals surface area (Å²) in [6, 6.07) is 0. The van der Waals surface area contributed by atoms with Crippen LogP contribution in [0.5, 0.6) is 0 Å². The van der Waals surface area contributed by atoms with Crippen LogP contribution in [0.3, 0.4) is 0 Å². The first kappa shape index (κ1) is 14.5. The van der Waals surface area contributed by atoms with E-state index in [9.17, 15) is 10.2 Å². The lowest BCUT2D eigenvalue weighted by atomic mass is 9.61. The number of aliphatic hydroxyl groups excluding tert-OH is 2. The van der Waals surface area contributed by atoms with E-state index in [1.54, 1.807) is 7.11 Å². The molecule has 4 heteroatoms. The maximum atomic E-state index is 11.2. The lowest BCUT2D eigenvalue weighted by Gasteiger charge is -2.47. The van der Waals surface area contributed by atoms with E-state index in [-0.39, 0.29) is 23.4 Å². The molecule has 7 atom stereocenters. The van der Waals surface area contributed by atoms with Gasteiger partial charge in [0.25, 0.3) is 0 Å². The molecule has 2 aliphatic carbocycles. The minimum atomic E-state index is -0.526. The van der Waals surface area contributed by atoms with Crippen LogP contribution < -0.4 is 0 Å². The number of aliphatic hydroxyl groups is 2. The molecule has 4 nitrogen and oxygen atoms in total. The molecule has 20 heavy (non-hydrogen) atoms.